The molecule has 0 bridgehead atoms. The predicted molar refractivity (Wildman–Crippen MR) is 170 cm³/mol. The second kappa shape index (κ2) is 13.5. The van der Waals surface area contributed by atoms with E-state index in [2.05, 4.69) is 31.3 Å². The Morgan fingerprint density at radius 2 is 1.88 bits per heavy atom. The number of anilines is 2. The van der Waals surface area contributed by atoms with Gasteiger partial charge in [-0.1, -0.05) is 18.2 Å². The molecule has 4 fully saturated rings. The van der Waals surface area contributed by atoms with E-state index in [-0.39, 0.29) is 36.7 Å². The van der Waals surface area contributed by atoms with Crippen molar-refractivity contribution in [1.29, 1.82) is 5.26 Å². The van der Waals surface area contributed by atoms with E-state index in [0.717, 1.165) is 50.0 Å². The quantitative estimate of drug-likeness (QED) is 0.374. The van der Waals surface area contributed by atoms with Crippen LogP contribution >= 0.6 is 0 Å². The van der Waals surface area contributed by atoms with Gasteiger partial charge in [-0.25, -0.2) is 28.6 Å². The number of rotatable bonds is 8. The van der Waals surface area contributed by atoms with Gasteiger partial charge in [0.25, 0.3) is 0 Å². The molecule has 7 rings (SSSR count). The first-order chi connectivity index (χ1) is 23.7. The number of aryl methyl sites for hydroxylation is 1. The number of hydrazine groups is 1. The highest BCUT2D eigenvalue weighted by Crippen LogP contribution is 2.36. The highest BCUT2D eigenvalue weighted by atomic mass is 19.3. The van der Waals surface area contributed by atoms with Gasteiger partial charge in [0.2, 0.25) is 11.9 Å². The van der Waals surface area contributed by atoms with Gasteiger partial charge in [-0.05, 0) is 36.8 Å². The number of hydrogen-bond acceptors (Lipinski definition) is 12. The fourth-order valence-electron chi connectivity index (χ4n) is 6.44. The van der Waals surface area contributed by atoms with Crippen molar-refractivity contribution in [2.75, 3.05) is 64.1 Å². The third-order valence-electron chi connectivity index (χ3n) is 9.22. The van der Waals surface area contributed by atoms with Gasteiger partial charge in [0.15, 0.2) is 11.9 Å². The molecule has 5 heterocycles. The molecule has 4 aliphatic rings. The Bertz CT molecular complexity index is 1750. The van der Waals surface area contributed by atoms with Crippen LogP contribution < -0.4 is 15.1 Å². The Morgan fingerprint density at radius 3 is 2.53 bits per heavy atom. The Morgan fingerprint density at radius 1 is 1.10 bits per heavy atom. The summed E-state index contributed by atoms with van der Waals surface area (Å²) < 4.78 is 46.6. The molecule has 0 unspecified atom stereocenters. The number of hydrogen-bond donors (Lipinski definition) is 1. The zero-order valence-corrected chi connectivity index (χ0v) is 26.8. The molecule has 1 N–H and O–H groups in total. The van der Waals surface area contributed by atoms with Gasteiger partial charge in [0.05, 0.1) is 37.1 Å². The Labute approximate surface area is 281 Å². The van der Waals surface area contributed by atoms with Gasteiger partial charge in [-0.15, -0.1) is 0 Å². The summed E-state index contributed by atoms with van der Waals surface area (Å²) in [5.41, 5.74) is 1.93. The van der Waals surface area contributed by atoms with Gasteiger partial charge < -0.3 is 24.4 Å². The van der Waals surface area contributed by atoms with E-state index >= 15 is 8.78 Å². The maximum atomic E-state index is 15.3. The number of carbonyl (C=O) groups is 2. The number of nitrogens with one attached hydrogen (secondary N) is 1. The van der Waals surface area contributed by atoms with Crippen molar-refractivity contribution in [2.24, 2.45) is 0 Å². The number of cyclic esters (lactones) is 1. The van der Waals surface area contributed by atoms with Crippen molar-refractivity contribution >= 4 is 23.6 Å². The van der Waals surface area contributed by atoms with Crippen molar-refractivity contribution in [3.8, 4) is 23.2 Å². The van der Waals surface area contributed by atoms with Crippen molar-refractivity contribution < 1.29 is 32.6 Å². The van der Waals surface area contributed by atoms with E-state index in [1.165, 1.54) is 12.4 Å². The number of aromatic nitrogens is 3. The first-order valence-corrected chi connectivity index (χ1v) is 16.1. The molecule has 0 radical (unpaired) electrons. The summed E-state index contributed by atoms with van der Waals surface area (Å²) in [7, 11) is 0. The van der Waals surface area contributed by atoms with Crippen molar-refractivity contribution in [3.63, 3.8) is 0 Å². The zero-order chi connectivity index (χ0) is 34.1. The van der Waals surface area contributed by atoms with Crippen LogP contribution in [-0.4, -0.2) is 125 Å². The second-order valence-electron chi connectivity index (χ2n) is 12.4. The van der Waals surface area contributed by atoms with Crippen molar-refractivity contribution in [1.82, 2.24) is 35.1 Å². The molecule has 2 atom stereocenters. The molecule has 0 saturated carbocycles. The minimum absolute atomic E-state index is 0.00327. The Hall–Kier alpha value is -4.98. The minimum atomic E-state index is -3.39. The van der Waals surface area contributed by atoms with Crippen LogP contribution in [0.15, 0.2) is 48.8 Å². The van der Waals surface area contributed by atoms with Gasteiger partial charge in [0, 0.05) is 44.7 Å². The summed E-state index contributed by atoms with van der Waals surface area (Å²) in [6.07, 6.45) is -1.05. The Balaban J connectivity index is 1.10. The average molecular weight is 676 g/mol. The number of nitriles is 1. The van der Waals surface area contributed by atoms with Crippen LogP contribution in [0.1, 0.15) is 17.5 Å². The van der Waals surface area contributed by atoms with Gasteiger partial charge in [0.1, 0.15) is 30.8 Å². The summed E-state index contributed by atoms with van der Waals surface area (Å²) in [5, 5.41) is 16.6. The lowest BCUT2D eigenvalue weighted by Crippen LogP contribution is -2.59. The normalized spacial score (nSPS) is 22.8. The number of para-hydroxylation sites is 1. The number of alkyl halides is 2. The lowest BCUT2D eigenvalue weighted by atomic mass is 10.0. The topological polar surface area (TPSA) is 149 Å². The molecule has 2 aromatic carbocycles. The van der Waals surface area contributed by atoms with Gasteiger partial charge >= 0.3 is 12.0 Å². The summed E-state index contributed by atoms with van der Waals surface area (Å²) in [6, 6.07) is 14.4. The maximum Gasteiger partial charge on any atom is 0.407 e. The van der Waals surface area contributed by atoms with Gasteiger partial charge in [-0.3, -0.25) is 9.69 Å². The molecule has 4 aliphatic heterocycles. The van der Waals surface area contributed by atoms with Crippen LogP contribution in [0.4, 0.5) is 25.2 Å². The lowest BCUT2D eigenvalue weighted by Gasteiger charge is -2.45. The van der Waals surface area contributed by atoms with Crippen LogP contribution in [-0.2, 0) is 14.3 Å². The molecular weight excluding hydrogens is 640 g/mol. The highest BCUT2D eigenvalue weighted by Gasteiger charge is 2.49. The molecule has 16 heteroatoms. The number of halogens is 2. The number of benzene rings is 2. The number of likely N-dealkylation sites (tertiary alicyclic amines) is 1. The number of piperidine rings is 1. The molecule has 256 valence electrons. The fourth-order valence-corrected chi connectivity index (χ4v) is 6.44. The van der Waals surface area contributed by atoms with Crippen LogP contribution in [0, 0.1) is 18.3 Å². The number of piperazine rings is 1. The summed E-state index contributed by atoms with van der Waals surface area (Å²) in [6.45, 7) is 5.33. The van der Waals surface area contributed by atoms with Gasteiger partial charge in [-0.2, -0.15) is 15.2 Å². The molecule has 0 spiro atoms. The summed E-state index contributed by atoms with van der Waals surface area (Å²) >= 11 is 0. The summed E-state index contributed by atoms with van der Waals surface area (Å²) in [4.78, 5) is 41.2. The number of carbonyl (C=O) groups excluding carboxylic acids is 2. The van der Waals surface area contributed by atoms with Crippen LogP contribution in [0.2, 0.25) is 0 Å². The van der Waals surface area contributed by atoms with Crippen LogP contribution in [0.3, 0.4) is 0 Å². The SMILES string of the molecule is Cc1cc(-c2ncnc(N(c3ccccc3)N3CCN(C4COC4)CC3)n2)c(C#N)cc1O[C@H]1CCN(C(=O)[C@@H]2COC(=O)N2)CC1(F)F. The predicted octanol–water partition coefficient (Wildman–Crippen LogP) is 2.51. The molecule has 3 aromatic rings. The molecular formula is C33H35F2N9O5. The minimum Gasteiger partial charge on any atom is -0.484 e. The molecule has 2 amide bonds. The van der Waals surface area contributed by atoms with E-state index in [0.29, 0.717) is 23.1 Å². The van der Waals surface area contributed by atoms with Crippen LogP contribution in [0.25, 0.3) is 11.4 Å². The highest BCUT2D eigenvalue weighted by molar-refractivity contribution is 5.88. The number of ether oxygens (including phenoxy) is 3. The second-order valence-corrected chi connectivity index (χ2v) is 12.4. The molecule has 4 saturated heterocycles. The maximum absolute atomic E-state index is 15.3. The number of amides is 2. The molecule has 0 aliphatic carbocycles. The van der Waals surface area contributed by atoms with Crippen molar-refractivity contribution in [3.05, 3.63) is 59.9 Å². The molecule has 49 heavy (non-hydrogen) atoms. The average Bonchev–Trinajstić information content (AvgIpc) is 3.52. The number of alkyl carbamates (subject to hydrolysis) is 1. The van der Waals surface area contributed by atoms with E-state index in [9.17, 15) is 14.9 Å². The smallest absolute Gasteiger partial charge is 0.407 e. The monoisotopic (exact) mass is 675 g/mol. The third-order valence-corrected chi connectivity index (χ3v) is 9.22. The summed E-state index contributed by atoms with van der Waals surface area (Å²) in [5.74, 6) is -3.28. The first kappa shape index (κ1) is 32.6. The fraction of sp³-hybridized carbons (Fsp3) is 0.455. The van der Waals surface area contributed by atoms with Crippen molar-refractivity contribution in [2.45, 2.75) is 37.5 Å². The molecule has 14 nitrogen and oxygen atoms in total. The number of nitrogens with zero attached hydrogens (tertiary/aromatic N) is 8. The standard InChI is InChI=1S/C33H35F2N9O5/c1-21-13-25(22(15-36)14-27(21)49-28-7-8-42(19-33(28,34)35)30(45)26-18-48-32(46)39-26)29-37-20-38-31(40-29)44(23-5-3-2-4-6-23)43-11-9-41(10-12-43)24-16-47-17-24/h2-6,13-14,20,24,26,28H,7-12,16-19H2,1H3,(H,39,46)/t26-,28-/m0/s1. The largest absolute Gasteiger partial charge is 0.484 e. The van der Waals surface area contributed by atoms with E-state index in [1.54, 1.807) is 13.0 Å². The van der Waals surface area contributed by atoms with Crippen LogP contribution in [0.5, 0.6) is 5.75 Å². The zero-order valence-electron chi connectivity index (χ0n) is 26.8. The van der Waals surface area contributed by atoms with E-state index < -0.39 is 36.6 Å². The van der Waals surface area contributed by atoms with E-state index in [1.807, 2.05) is 35.3 Å². The molecule has 1 aromatic heterocycles. The first-order valence-electron chi connectivity index (χ1n) is 16.1. The Kier molecular flexibility index (Phi) is 8.97. The third kappa shape index (κ3) is 6.69. The lowest BCUT2D eigenvalue weighted by molar-refractivity contribution is -0.161. The van der Waals surface area contributed by atoms with E-state index in [4.69, 9.17) is 19.2 Å².